The molecule has 0 bridgehead atoms. The molecule has 0 aliphatic carbocycles. The molecule has 0 spiro atoms. The predicted octanol–water partition coefficient (Wildman–Crippen LogP) is 2.32. The molecule has 0 saturated carbocycles. The second kappa shape index (κ2) is 7.31. The standard InChI is InChI=1S/C17H24N2O3/c1-4-21-16-7-5-14(9-15(16)18)6-8-17(20)19-10-12(2)22-13(3)11-19/h5-9,12-13H,4,10-11,18H2,1-3H3/b8-6-. The van der Waals surface area contributed by atoms with Gasteiger partial charge in [-0.3, -0.25) is 4.79 Å². The average Bonchev–Trinajstić information content (AvgIpc) is 2.46. The van der Waals surface area contributed by atoms with Crippen LogP contribution in [0.1, 0.15) is 26.3 Å². The highest BCUT2D eigenvalue weighted by Gasteiger charge is 2.24. The van der Waals surface area contributed by atoms with Crippen LogP contribution in [0.15, 0.2) is 24.3 Å². The minimum Gasteiger partial charge on any atom is -0.492 e. The highest BCUT2D eigenvalue weighted by Crippen LogP contribution is 2.23. The van der Waals surface area contributed by atoms with Crippen molar-refractivity contribution >= 4 is 17.7 Å². The van der Waals surface area contributed by atoms with E-state index in [1.807, 2.05) is 37.8 Å². The number of anilines is 1. The number of morpholine rings is 1. The van der Waals surface area contributed by atoms with Crippen LogP contribution in [0.3, 0.4) is 0 Å². The summed E-state index contributed by atoms with van der Waals surface area (Å²) in [6, 6.07) is 5.51. The zero-order valence-electron chi connectivity index (χ0n) is 13.4. The molecule has 1 aliphatic heterocycles. The molecule has 1 aromatic carbocycles. The van der Waals surface area contributed by atoms with Crippen molar-refractivity contribution in [1.29, 1.82) is 0 Å². The molecule has 1 aromatic rings. The van der Waals surface area contributed by atoms with Gasteiger partial charge in [-0.15, -0.1) is 0 Å². The van der Waals surface area contributed by atoms with Gasteiger partial charge in [-0.2, -0.15) is 0 Å². The number of nitrogens with two attached hydrogens (primary N) is 1. The number of hydrogen-bond donors (Lipinski definition) is 1. The number of nitrogen functional groups attached to an aromatic ring is 1. The van der Waals surface area contributed by atoms with Gasteiger partial charge in [-0.1, -0.05) is 6.07 Å². The number of benzene rings is 1. The van der Waals surface area contributed by atoms with Crippen molar-refractivity contribution in [2.75, 3.05) is 25.4 Å². The second-order valence-corrected chi connectivity index (χ2v) is 5.56. The van der Waals surface area contributed by atoms with Crippen molar-refractivity contribution in [3.05, 3.63) is 29.8 Å². The number of hydrogen-bond acceptors (Lipinski definition) is 4. The van der Waals surface area contributed by atoms with E-state index in [4.69, 9.17) is 15.2 Å². The second-order valence-electron chi connectivity index (χ2n) is 5.56. The third-order valence-corrected chi connectivity index (χ3v) is 3.48. The molecule has 2 rings (SSSR count). The molecule has 2 N–H and O–H groups in total. The molecule has 1 heterocycles. The SMILES string of the molecule is CCOc1ccc(/C=C\C(=O)N2CC(C)OC(C)C2)cc1N. The number of nitrogens with zero attached hydrogens (tertiary/aromatic N) is 1. The fraction of sp³-hybridized carbons (Fsp3) is 0.471. The summed E-state index contributed by atoms with van der Waals surface area (Å²) in [6.07, 6.45) is 3.50. The molecule has 1 amide bonds. The smallest absolute Gasteiger partial charge is 0.246 e. The van der Waals surface area contributed by atoms with E-state index in [0.717, 1.165) is 5.56 Å². The lowest BCUT2D eigenvalue weighted by Crippen LogP contribution is -2.47. The first-order valence-electron chi connectivity index (χ1n) is 7.64. The van der Waals surface area contributed by atoms with Gasteiger partial charge in [0.25, 0.3) is 0 Å². The summed E-state index contributed by atoms with van der Waals surface area (Å²) in [5, 5.41) is 0. The Morgan fingerprint density at radius 3 is 2.68 bits per heavy atom. The maximum atomic E-state index is 12.2. The van der Waals surface area contributed by atoms with Gasteiger partial charge < -0.3 is 20.1 Å². The first kappa shape index (κ1) is 16.4. The Bertz CT molecular complexity index is 547. The minimum atomic E-state index is -0.00513. The molecule has 5 heteroatoms. The Morgan fingerprint density at radius 1 is 1.41 bits per heavy atom. The molecule has 1 aliphatic rings. The van der Waals surface area contributed by atoms with Crippen molar-refractivity contribution in [1.82, 2.24) is 4.90 Å². The normalized spacial score (nSPS) is 22.0. The maximum absolute atomic E-state index is 12.2. The number of carbonyl (C=O) groups is 1. The summed E-state index contributed by atoms with van der Waals surface area (Å²) in [4.78, 5) is 14.1. The molecule has 22 heavy (non-hydrogen) atoms. The average molecular weight is 304 g/mol. The van der Waals surface area contributed by atoms with Crippen molar-refractivity contribution in [2.45, 2.75) is 33.0 Å². The largest absolute Gasteiger partial charge is 0.492 e. The Morgan fingerprint density at radius 2 is 2.09 bits per heavy atom. The summed E-state index contributed by atoms with van der Waals surface area (Å²) >= 11 is 0. The first-order chi connectivity index (χ1) is 10.5. The van der Waals surface area contributed by atoms with Crippen LogP contribution in [0, 0.1) is 0 Å². The number of amides is 1. The van der Waals surface area contributed by atoms with Crippen LogP contribution in [-0.2, 0) is 9.53 Å². The summed E-state index contributed by atoms with van der Waals surface area (Å²) < 4.78 is 11.0. The Kier molecular flexibility index (Phi) is 5.44. The Hall–Kier alpha value is -2.01. The Labute approximate surface area is 131 Å². The van der Waals surface area contributed by atoms with Crippen LogP contribution in [-0.4, -0.2) is 42.7 Å². The number of rotatable bonds is 4. The van der Waals surface area contributed by atoms with Crippen LogP contribution in [0.5, 0.6) is 5.75 Å². The van der Waals surface area contributed by atoms with E-state index in [-0.39, 0.29) is 18.1 Å². The lowest BCUT2D eigenvalue weighted by Gasteiger charge is -2.34. The molecular weight excluding hydrogens is 280 g/mol. The van der Waals surface area contributed by atoms with Crippen molar-refractivity contribution in [2.24, 2.45) is 0 Å². The van der Waals surface area contributed by atoms with Gasteiger partial charge in [-0.25, -0.2) is 0 Å². The van der Waals surface area contributed by atoms with E-state index in [1.54, 1.807) is 18.2 Å². The van der Waals surface area contributed by atoms with Crippen LogP contribution in [0.2, 0.25) is 0 Å². The van der Waals surface area contributed by atoms with Crippen LogP contribution < -0.4 is 10.5 Å². The van der Waals surface area contributed by atoms with Gasteiger partial charge in [0.05, 0.1) is 24.5 Å². The summed E-state index contributed by atoms with van der Waals surface area (Å²) in [6.45, 7) is 7.69. The van der Waals surface area contributed by atoms with Gasteiger partial charge in [-0.05, 0) is 44.5 Å². The molecule has 1 fully saturated rings. The monoisotopic (exact) mass is 304 g/mol. The lowest BCUT2D eigenvalue weighted by molar-refractivity contribution is -0.137. The lowest BCUT2D eigenvalue weighted by atomic mass is 10.1. The van der Waals surface area contributed by atoms with E-state index >= 15 is 0 Å². The van der Waals surface area contributed by atoms with Crippen LogP contribution in [0.25, 0.3) is 6.08 Å². The van der Waals surface area contributed by atoms with Crippen molar-refractivity contribution in [3.63, 3.8) is 0 Å². The molecule has 2 atom stereocenters. The zero-order valence-corrected chi connectivity index (χ0v) is 13.4. The van der Waals surface area contributed by atoms with Crippen LogP contribution in [0.4, 0.5) is 5.69 Å². The highest BCUT2D eigenvalue weighted by molar-refractivity contribution is 5.92. The molecular formula is C17H24N2O3. The zero-order chi connectivity index (χ0) is 16.1. The molecule has 120 valence electrons. The van der Waals surface area contributed by atoms with E-state index in [9.17, 15) is 4.79 Å². The van der Waals surface area contributed by atoms with Gasteiger partial charge >= 0.3 is 0 Å². The van der Waals surface area contributed by atoms with E-state index in [1.165, 1.54) is 0 Å². The molecule has 0 aromatic heterocycles. The fourth-order valence-electron chi connectivity index (χ4n) is 2.59. The summed E-state index contributed by atoms with van der Waals surface area (Å²) in [5.41, 5.74) is 7.37. The first-order valence-corrected chi connectivity index (χ1v) is 7.64. The molecule has 5 nitrogen and oxygen atoms in total. The van der Waals surface area contributed by atoms with Crippen molar-refractivity contribution in [3.8, 4) is 5.75 Å². The Balaban J connectivity index is 2.01. The van der Waals surface area contributed by atoms with E-state index < -0.39 is 0 Å². The molecule has 1 saturated heterocycles. The third-order valence-electron chi connectivity index (χ3n) is 3.48. The minimum absolute atomic E-state index is 0.00513. The third kappa shape index (κ3) is 4.24. The summed E-state index contributed by atoms with van der Waals surface area (Å²) in [7, 11) is 0. The predicted molar refractivity (Wildman–Crippen MR) is 87.6 cm³/mol. The number of carbonyl (C=O) groups excluding carboxylic acids is 1. The van der Waals surface area contributed by atoms with E-state index in [2.05, 4.69) is 0 Å². The van der Waals surface area contributed by atoms with Gasteiger partial charge in [0.2, 0.25) is 5.91 Å². The molecule has 0 radical (unpaired) electrons. The summed E-state index contributed by atoms with van der Waals surface area (Å²) in [5.74, 6) is 0.663. The van der Waals surface area contributed by atoms with Gasteiger partial charge in [0.1, 0.15) is 5.75 Å². The fourth-order valence-corrected chi connectivity index (χ4v) is 2.59. The van der Waals surface area contributed by atoms with Gasteiger partial charge in [0.15, 0.2) is 0 Å². The maximum Gasteiger partial charge on any atom is 0.246 e. The van der Waals surface area contributed by atoms with Crippen molar-refractivity contribution < 1.29 is 14.3 Å². The van der Waals surface area contributed by atoms with E-state index in [0.29, 0.717) is 31.1 Å². The number of ether oxygens (including phenoxy) is 2. The van der Waals surface area contributed by atoms with Crippen LogP contribution >= 0.6 is 0 Å². The molecule has 2 unspecified atom stereocenters. The highest BCUT2D eigenvalue weighted by atomic mass is 16.5. The van der Waals surface area contributed by atoms with Gasteiger partial charge in [0, 0.05) is 19.2 Å². The quantitative estimate of drug-likeness (QED) is 0.685. The topological polar surface area (TPSA) is 64.8 Å².